The number of fused-ring (bicyclic) bond motifs is 1. The number of aromatic nitrogens is 2. The molecule has 0 N–H and O–H groups in total. The van der Waals surface area contributed by atoms with Crippen molar-refractivity contribution < 1.29 is 0 Å². The summed E-state index contributed by atoms with van der Waals surface area (Å²) in [7, 11) is 0. The Morgan fingerprint density at radius 1 is 0.840 bits per heavy atom. The van der Waals surface area contributed by atoms with Crippen molar-refractivity contribution in [3.05, 3.63) is 82.1 Å². The number of aryl methyl sites for hydroxylation is 1. The maximum Gasteiger partial charge on any atom is 0.0727 e. The van der Waals surface area contributed by atoms with Crippen molar-refractivity contribution in [3.63, 3.8) is 0 Å². The summed E-state index contributed by atoms with van der Waals surface area (Å²) in [6.07, 6.45) is 0. The fourth-order valence-corrected chi connectivity index (χ4v) is 3.64. The van der Waals surface area contributed by atoms with E-state index in [0.717, 1.165) is 28.2 Å². The molecule has 25 heavy (non-hydrogen) atoms. The zero-order valence-electron chi connectivity index (χ0n) is 13.9. The minimum absolute atomic E-state index is 0.552. The van der Waals surface area contributed by atoms with Crippen LogP contribution < -0.4 is 0 Å². The number of rotatable bonds is 2. The van der Waals surface area contributed by atoms with Crippen molar-refractivity contribution in [1.29, 1.82) is 0 Å². The second kappa shape index (κ2) is 6.21. The predicted octanol–water partition coefficient (Wildman–Crippen LogP) is 6.62. The lowest BCUT2D eigenvalue weighted by atomic mass is 10.0. The van der Waals surface area contributed by atoms with Crippen molar-refractivity contribution in [3.8, 4) is 16.8 Å². The van der Waals surface area contributed by atoms with Crippen molar-refractivity contribution in [2.24, 2.45) is 0 Å². The first-order chi connectivity index (χ1) is 12.1. The summed E-state index contributed by atoms with van der Waals surface area (Å²) in [5.74, 6) is 0. The van der Waals surface area contributed by atoms with Crippen LogP contribution in [-0.4, -0.2) is 9.78 Å². The lowest BCUT2D eigenvalue weighted by Gasteiger charge is -2.09. The first kappa shape index (κ1) is 16.2. The first-order valence-corrected chi connectivity index (χ1v) is 8.81. The van der Waals surface area contributed by atoms with Crippen LogP contribution in [0, 0.1) is 13.8 Å². The Morgan fingerprint density at radius 2 is 1.60 bits per heavy atom. The third kappa shape index (κ3) is 2.72. The van der Waals surface area contributed by atoms with Crippen LogP contribution in [0.3, 0.4) is 0 Å². The van der Waals surface area contributed by atoms with Crippen LogP contribution in [0.15, 0.2) is 60.7 Å². The lowest BCUT2D eigenvalue weighted by Crippen LogP contribution is -2.00. The maximum atomic E-state index is 6.21. The minimum atomic E-state index is 0.552. The molecule has 4 rings (SSSR count). The van der Waals surface area contributed by atoms with Crippen molar-refractivity contribution in [2.75, 3.05) is 0 Å². The quantitative estimate of drug-likeness (QED) is 0.389. The van der Waals surface area contributed by atoms with Gasteiger partial charge in [-0.05, 0) is 43.0 Å². The molecule has 0 radical (unpaired) electrons. The van der Waals surface area contributed by atoms with Gasteiger partial charge in [0.2, 0.25) is 0 Å². The van der Waals surface area contributed by atoms with Crippen molar-refractivity contribution in [2.45, 2.75) is 13.8 Å². The fraction of sp³-hybridized carbons (Fsp3) is 0.0952. The Bertz CT molecular complexity index is 1090. The van der Waals surface area contributed by atoms with Crippen LogP contribution in [0.25, 0.3) is 27.6 Å². The minimum Gasteiger partial charge on any atom is -0.237 e. The predicted molar refractivity (Wildman–Crippen MR) is 106 cm³/mol. The molecule has 0 aliphatic heterocycles. The zero-order valence-corrected chi connectivity index (χ0v) is 15.4. The Morgan fingerprint density at radius 3 is 2.40 bits per heavy atom. The normalized spacial score (nSPS) is 11.2. The first-order valence-electron chi connectivity index (χ1n) is 8.06. The average molecular weight is 367 g/mol. The highest BCUT2D eigenvalue weighted by Gasteiger charge is 2.16. The highest BCUT2D eigenvalue weighted by atomic mass is 35.5. The van der Waals surface area contributed by atoms with Gasteiger partial charge in [0, 0.05) is 16.6 Å². The molecule has 1 aromatic heterocycles. The van der Waals surface area contributed by atoms with E-state index in [0.29, 0.717) is 10.0 Å². The number of hydrogen-bond donors (Lipinski definition) is 0. The van der Waals surface area contributed by atoms with Crippen LogP contribution in [0.2, 0.25) is 10.0 Å². The zero-order chi connectivity index (χ0) is 17.6. The van der Waals surface area contributed by atoms with Crippen LogP contribution in [0.5, 0.6) is 0 Å². The van der Waals surface area contributed by atoms with Gasteiger partial charge in [0.15, 0.2) is 0 Å². The van der Waals surface area contributed by atoms with Gasteiger partial charge in [-0.1, -0.05) is 65.7 Å². The van der Waals surface area contributed by atoms with E-state index >= 15 is 0 Å². The topological polar surface area (TPSA) is 17.8 Å². The molecule has 0 fully saturated rings. The summed E-state index contributed by atoms with van der Waals surface area (Å²) in [6.45, 7) is 4.10. The molecule has 0 aliphatic carbocycles. The van der Waals surface area contributed by atoms with Gasteiger partial charge in [0.1, 0.15) is 0 Å². The van der Waals surface area contributed by atoms with E-state index in [1.807, 2.05) is 29.8 Å². The molecule has 0 atom stereocenters. The molecule has 0 spiro atoms. The Labute approximate surface area is 156 Å². The smallest absolute Gasteiger partial charge is 0.0727 e. The number of nitrogens with zero attached hydrogens (tertiary/aromatic N) is 2. The van der Waals surface area contributed by atoms with Gasteiger partial charge >= 0.3 is 0 Å². The van der Waals surface area contributed by atoms with Gasteiger partial charge in [-0.3, -0.25) is 0 Å². The monoisotopic (exact) mass is 366 g/mol. The molecular weight excluding hydrogens is 351 g/mol. The standard InChI is InChI=1S/C21H16Cl2N2/c1-13-21(16-10-11-18(22)19(23)12-16)14(2)25(24-13)20-9-5-7-15-6-3-4-8-17(15)20/h3-12H,1-2H3. The van der Waals surface area contributed by atoms with Crippen molar-refractivity contribution in [1.82, 2.24) is 9.78 Å². The second-order valence-corrected chi connectivity index (χ2v) is 6.90. The molecule has 2 nitrogen and oxygen atoms in total. The van der Waals surface area contributed by atoms with Gasteiger partial charge < -0.3 is 0 Å². The number of halogens is 2. The summed E-state index contributed by atoms with van der Waals surface area (Å²) in [4.78, 5) is 0. The van der Waals surface area contributed by atoms with E-state index in [-0.39, 0.29) is 0 Å². The maximum absolute atomic E-state index is 6.21. The van der Waals surface area contributed by atoms with Crippen molar-refractivity contribution >= 4 is 34.0 Å². The largest absolute Gasteiger partial charge is 0.237 e. The number of hydrogen-bond acceptors (Lipinski definition) is 1. The van der Waals surface area contributed by atoms with Crippen LogP contribution in [-0.2, 0) is 0 Å². The van der Waals surface area contributed by atoms with Crippen LogP contribution >= 0.6 is 23.2 Å². The summed E-state index contributed by atoms with van der Waals surface area (Å²) in [5.41, 5.74) is 5.23. The Balaban J connectivity index is 1.94. The lowest BCUT2D eigenvalue weighted by molar-refractivity contribution is 0.840. The third-order valence-electron chi connectivity index (χ3n) is 4.49. The van der Waals surface area contributed by atoms with E-state index in [1.165, 1.54) is 10.8 Å². The van der Waals surface area contributed by atoms with Gasteiger partial charge in [-0.15, -0.1) is 0 Å². The molecule has 0 unspecified atom stereocenters. The second-order valence-electron chi connectivity index (χ2n) is 6.08. The molecule has 124 valence electrons. The summed E-state index contributed by atoms with van der Waals surface area (Å²) in [6, 6.07) is 20.3. The molecule has 1 heterocycles. The van der Waals surface area contributed by atoms with E-state index in [4.69, 9.17) is 28.3 Å². The average Bonchev–Trinajstić information content (AvgIpc) is 2.91. The van der Waals surface area contributed by atoms with Gasteiger partial charge in [0.25, 0.3) is 0 Å². The molecule has 0 saturated heterocycles. The molecule has 4 aromatic rings. The highest BCUT2D eigenvalue weighted by molar-refractivity contribution is 6.42. The molecular formula is C21H16Cl2N2. The molecule has 3 aromatic carbocycles. The molecule has 4 heteroatoms. The third-order valence-corrected chi connectivity index (χ3v) is 5.23. The van der Waals surface area contributed by atoms with Gasteiger partial charge in [-0.2, -0.15) is 5.10 Å². The molecule has 0 bridgehead atoms. The van der Waals surface area contributed by atoms with Gasteiger partial charge in [0.05, 0.1) is 21.4 Å². The Kier molecular flexibility index (Phi) is 4.03. The summed E-state index contributed by atoms with van der Waals surface area (Å²) >= 11 is 12.3. The fourth-order valence-electron chi connectivity index (χ4n) is 3.34. The SMILES string of the molecule is Cc1nn(-c2cccc3ccccc23)c(C)c1-c1ccc(Cl)c(Cl)c1. The van der Waals surface area contributed by atoms with E-state index in [2.05, 4.69) is 49.4 Å². The van der Waals surface area contributed by atoms with Crippen LogP contribution in [0.1, 0.15) is 11.4 Å². The molecule has 0 aliphatic rings. The van der Waals surface area contributed by atoms with E-state index in [1.54, 1.807) is 0 Å². The summed E-state index contributed by atoms with van der Waals surface area (Å²) < 4.78 is 2.01. The number of benzene rings is 3. The molecule has 0 saturated carbocycles. The summed E-state index contributed by atoms with van der Waals surface area (Å²) in [5, 5.41) is 8.28. The highest BCUT2D eigenvalue weighted by Crippen LogP contribution is 2.34. The van der Waals surface area contributed by atoms with E-state index in [9.17, 15) is 0 Å². The van der Waals surface area contributed by atoms with Crippen LogP contribution in [0.4, 0.5) is 0 Å². The van der Waals surface area contributed by atoms with Gasteiger partial charge in [-0.25, -0.2) is 4.68 Å². The molecule has 0 amide bonds. The van der Waals surface area contributed by atoms with E-state index < -0.39 is 0 Å². The Hall–Kier alpha value is -2.29.